The molecular formula is C32H60O8. The maximum absolute atomic E-state index is 13.2. The van der Waals surface area contributed by atoms with Gasteiger partial charge in [-0.1, -0.05) is 117 Å². The fourth-order valence-corrected chi connectivity index (χ4v) is 4.97. The van der Waals surface area contributed by atoms with Gasteiger partial charge in [-0.05, 0) is 19.3 Å². The van der Waals surface area contributed by atoms with Gasteiger partial charge in [0, 0.05) is 19.3 Å². The van der Waals surface area contributed by atoms with Crippen LogP contribution in [0.2, 0.25) is 0 Å². The molecule has 0 spiro atoms. The van der Waals surface area contributed by atoms with E-state index >= 15 is 0 Å². The van der Waals surface area contributed by atoms with Crippen LogP contribution >= 0.6 is 0 Å². The second-order valence-electron chi connectivity index (χ2n) is 11.3. The van der Waals surface area contributed by atoms with E-state index in [9.17, 15) is 34.8 Å². The van der Waals surface area contributed by atoms with Crippen molar-refractivity contribution in [2.45, 2.75) is 180 Å². The summed E-state index contributed by atoms with van der Waals surface area (Å²) in [6, 6.07) is 0. The second-order valence-corrected chi connectivity index (χ2v) is 11.3. The highest BCUT2D eigenvalue weighted by molar-refractivity contribution is 5.96. The lowest BCUT2D eigenvalue weighted by atomic mass is 9.79. The molecule has 236 valence electrons. The van der Waals surface area contributed by atoms with Crippen molar-refractivity contribution in [2.24, 2.45) is 0 Å². The number of carbonyl (C=O) groups excluding carboxylic acids is 3. The van der Waals surface area contributed by atoms with E-state index in [4.69, 9.17) is 4.74 Å². The van der Waals surface area contributed by atoms with Crippen LogP contribution in [0.3, 0.4) is 0 Å². The number of unbranched alkanes of at least 4 members (excludes halogenated alkanes) is 15. The van der Waals surface area contributed by atoms with Crippen LogP contribution < -0.4 is 0 Å². The molecule has 0 bridgehead atoms. The van der Waals surface area contributed by atoms with E-state index in [2.05, 4.69) is 20.8 Å². The van der Waals surface area contributed by atoms with E-state index in [1.807, 2.05) is 0 Å². The smallest absolute Gasteiger partial charge is 0.306 e. The Balaban J connectivity index is 5.36. The first-order valence-electron chi connectivity index (χ1n) is 16.1. The Hall–Kier alpha value is -1.35. The zero-order chi connectivity index (χ0) is 30.2. The normalized spacial score (nSPS) is 15.3. The van der Waals surface area contributed by atoms with Gasteiger partial charge in [0.25, 0.3) is 0 Å². The van der Waals surface area contributed by atoms with Crippen molar-refractivity contribution in [3.05, 3.63) is 0 Å². The van der Waals surface area contributed by atoms with Crippen LogP contribution in [-0.2, 0) is 19.1 Å². The van der Waals surface area contributed by atoms with Gasteiger partial charge in [-0.15, -0.1) is 0 Å². The number of aliphatic hydroxyl groups excluding tert-OH is 3. The molecule has 0 aromatic rings. The van der Waals surface area contributed by atoms with Crippen LogP contribution in [0.15, 0.2) is 0 Å². The topological polar surface area (TPSA) is 141 Å². The molecule has 0 aromatic carbocycles. The first kappa shape index (κ1) is 38.6. The Morgan fingerprint density at radius 1 is 0.625 bits per heavy atom. The molecule has 0 fully saturated rings. The summed E-state index contributed by atoms with van der Waals surface area (Å²) in [4.78, 5) is 38.5. The van der Waals surface area contributed by atoms with Crippen LogP contribution in [0.5, 0.6) is 0 Å². The first-order valence-corrected chi connectivity index (χ1v) is 16.1. The van der Waals surface area contributed by atoms with E-state index in [-0.39, 0.29) is 19.3 Å². The SMILES string of the molecule is CCCCCCCCC(=O)O[C@H](CO)[C@H](O)[C@](O)(C(=O)CCCCCCCC)C(O)C(=O)CCCCCCCC. The van der Waals surface area contributed by atoms with Gasteiger partial charge in [0.05, 0.1) is 6.61 Å². The van der Waals surface area contributed by atoms with Crippen molar-refractivity contribution >= 4 is 17.5 Å². The van der Waals surface area contributed by atoms with Crippen molar-refractivity contribution < 1.29 is 39.5 Å². The lowest BCUT2D eigenvalue weighted by molar-refractivity contribution is -0.201. The fourth-order valence-electron chi connectivity index (χ4n) is 4.97. The van der Waals surface area contributed by atoms with E-state index in [1.54, 1.807) is 0 Å². The number of aliphatic hydroxyl groups is 4. The Morgan fingerprint density at radius 3 is 1.48 bits per heavy atom. The molecule has 0 amide bonds. The third-order valence-corrected chi connectivity index (χ3v) is 7.70. The van der Waals surface area contributed by atoms with Crippen molar-refractivity contribution in [3.63, 3.8) is 0 Å². The molecule has 0 radical (unpaired) electrons. The zero-order valence-corrected chi connectivity index (χ0v) is 25.7. The Labute approximate surface area is 243 Å². The summed E-state index contributed by atoms with van der Waals surface area (Å²) < 4.78 is 5.25. The maximum atomic E-state index is 13.2. The Bertz CT molecular complexity index is 667. The van der Waals surface area contributed by atoms with Crippen LogP contribution in [0.25, 0.3) is 0 Å². The molecule has 4 atom stereocenters. The average Bonchev–Trinajstić information content (AvgIpc) is 2.95. The van der Waals surface area contributed by atoms with Crippen molar-refractivity contribution in [3.8, 4) is 0 Å². The third-order valence-electron chi connectivity index (χ3n) is 7.70. The summed E-state index contributed by atoms with van der Waals surface area (Å²) in [5.74, 6) is -2.31. The molecule has 8 heteroatoms. The zero-order valence-electron chi connectivity index (χ0n) is 25.7. The highest BCUT2D eigenvalue weighted by atomic mass is 16.6. The van der Waals surface area contributed by atoms with Gasteiger partial charge in [0.15, 0.2) is 29.4 Å². The third kappa shape index (κ3) is 15.6. The minimum atomic E-state index is -2.88. The lowest BCUT2D eigenvalue weighted by Gasteiger charge is -2.38. The molecule has 0 saturated heterocycles. The molecule has 0 heterocycles. The summed E-state index contributed by atoms with van der Waals surface area (Å²) >= 11 is 0. The quantitative estimate of drug-likeness (QED) is 0.0688. The van der Waals surface area contributed by atoms with Gasteiger partial charge < -0.3 is 25.2 Å². The van der Waals surface area contributed by atoms with Crippen LogP contribution in [-0.4, -0.2) is 68.5 Å². The number of Topliss-reactive ketones (excluding diaryl/α,β-unsaturated/α-hetero) is 2. The molecule has 40 heavy (non-hydrogen) atoms. The van der Waals surface area contributed by atoms with E-state index < -0.39 is 48.1 Å². The molecule has 0 rings (SSSR count). The van der Waals surface area contributed by atoms with Crippen molar-refractivity contribution in [1.82, 2.24) is 0 Å². The molecule has 0 saturated carbocycles. The van der Waals surface area contributed by atoms with Crippen LogP contribution in [0, 0.1) is 0 Å². The molecule has 0 aliphatic carbocycles. The van der Waals surface area contributed by atoms with Gasteiger partial charge in [0.1, 0.15) is 6.10 Å². The summed E-state index contributed by atoms with van der Waals surface area (Å²) in [6.07, 6.45) is 10.4. The van der Waals surface area contributed by atoms with E-state index in [0.717, 1.165) is 96.3 Å². The van der Waals surface area contributed by atoms with Gasteiger partial charge in [-0.25, -0.2) is 0 Å². The van der Waals surface area contributed by atoms with Gasteiger partial charge in [-0.2, -0.15) is 0 Å². The van der Waals surface area contributed by atoms with E-state index in [0.29, 0.717) is 19.3 Å². The van der Waals surface area contributed by atoms with Crippen molar-refractivity contribution in [2.75, 3.05) is 6.61 Å². The standard InChI is InChI=1S/C32H60O8/c1-4-7-10-13-16-19-22-26(34)30(37)32(39,28(35)23-20-17-14-11-8-5-2)31(38)27(25-33)40-29(36)24-21-18-15-12-9-6-3/h27,30-31,33,37-39H,4-25H2,1-3H3/t27-,30?,31+,32+/m1/s1. The molecule has 1 unspecified atom stereocenters. The molecule has 0 aliphatic rings. The monoisotopic (exact) mass is 572 g/mol. The average molecular weight is 573 g/mol. The summed E-state index contributed by atoms with van der Waals surface area (Å²) in [5.41, 5.74) is -2.88. The highest BCUT2D eigenvalue weighted by Crippen LogP contribution is 2.27. The number of rotatable bonds is 28. The first-order chi connectivity index (χ1) is 19.2. The molecule has 0 aromatic heterocycles. The summed E-state index contributed by atoms with van der Waals surface area (Å²) in [5, 5.41) is 43.3. The predicted octanol–water partition coefficient (Wildman–Crippen LogP) is 5.73. The minimum Gasteiger partial charge on any atom is -0.457 e. The maximum Gasteiger partial charge on any atom is 0.306 e. The van der Waals surface area contributed by atoms with Crippen LogP contribution in [0.4, 0.5) is 0 Å². The lowest BCUT2D eigenvalue weighted by Crippen LogP contribution is -2.65. The van der Waals surface area contributed by atoms with E-state index in [1.165, 1.54) is 0 Å². The Kier molecular flexibility index (Phi) is 23.4. The van der Waals surface area contributed by atoms with Gasteiger partial charge >= 0.3 is 5.97 Å². The minimum absolute atomic E-state index is 0.0474. The van der Waals surface area contributed by atoms with Gasteiger partial charge in [-0.3, -0.25) is 14.4 Å². The number of hydrogen-bond donors (Lipinski definition) is 4. The number of carbonyl (C=O) groups is 3. The van der Waals surface area contributed by atoms with Crippen LogP contribution in [0.1, 0.15) is 156 Å². The number of ketones is 2. The van der Waals surface area contributed by atoms with Gasteiger partial charge in [0.2, 0.25) is 0 Å². The second kappa shape index (κ2) is 24.3. The number of ether oxygens (including phenoxy) is 1. The highest BCUT2D eigenvalue weighted by Gasteiger charge is 2.54. The predicted molar refractivity (Wildman–Crippen MR) is 158 cm³/mol. The molecule has 4 N–H and O–H groups in total. The van der Waals surface area contributed by atoms with Crippen molar-refractivity contribution in [1.29, 1.82) is 0 Å². The summed E-state index contributed by atoms with van der Waals surface area (Å²) in [6.45, 7) is 5.47. The summed E-state index contributed by atoms with van der Waals surface area (Å²) in [7, 11) is 0. The molecule has 0 aliphatic heterocycles. The largest absolute Gasteiger partial charge is 0.457 e. The molecule has 8 nitrogen and oxygen atoms in total. The number of esters is 1. The Morgan fingerprint density at radius 2 is 1.02 bits per heavy atom. The number of hydrogen-bond acceptors (Lipinski definition) is 8. The fraction of sp³-hybridized carbons (Fsp3) is 0.906. The molecular weight excluding hydrogens is 512 g/mol.